The molecule has 1 aromatic carbocycles. The van der Waals surface area contributed by atoms with E-state index >= 15 is 0 Å². The zero-order valence-corrected chi connectivity index (χ0v) is 16.3. The van der Waals surface area contributed by atoms with E-state index in [9.17, 15) is 22.4 Å². The first kappa shape index (κ1) is 21.3. The highest BCUT2D eigenvalue weighted by molar-refractivity contribution is 7.89. The van der Waals surface area contributed by atoms with Crippen molar-refractivity contribution in [1.82, 2.24) is 14.9 Å². The summed E-state index contributed by atoms with van der Waals surface area (Å²) in [4.78, 5) is 23.5. The zero-order chi connectivity index (χ0) is 20.2. The van der Waals surface area contributed by atoms with Gasteiger partial charge in [0.05, 0.1) is 18.0 Å². The fraction of sp³-hybridized carbons (Fsp3) is 0.529. The van der Waals surface area contributed by atoms with Crippen LogP contribution >= 0.6 is 0 Å². The Kier molecular flexibility index (Phi) is 6.90. The van der Waals surface area contributed by atoms with Gasteiger partial charge in [-0.1, -0.05) is 0 Å². The van der Waals surface area contributed by atoms with Gasteiger partial charge in [-0.25, -0.2) is 12.8 Å². The molecular formula is C17H24FN3O5S. The number of halogens is 1. The third kappa shape index (κ3) is 5.24. The summed E-state index contributed by atoms with van der Waals surface area (Å²) < 4.78 is 45.9. The molecule has 150 valence electrons. The van der Waals surface area contributed by atoms with Crippen LogP contribution in [0.5, 0.6) is 0 Å². The lowest BCUT2D eigenvalue weighted by Gasteiger charge is -2.34. The van der Waals surface area contributed by atoms with Crippen LogP contribution in [0.1, 0.15) is 25.8 Å². The number of hydrogen-bond acceptors (Lipinski definition) is 5. The van der Waals surface area contributed by atoms with Crippen molar-refractivity contribution in [3.63, 3.8) is 0 Å². The van der Waals surface area contributed by atoms with E-state index in [4.69, 9.17) is 4.74 Å². The summed E-state index contributed by atoms with van der Waals surface area (Å²) in [7, 11) is -3.95. The van der Waals surface area contributed by atoms with Crippen LogP contribution in [0.2, 0.25) is 0 Å². The maximum Gasteiger partial charge on any atom is 0.309 e. The number of rotatable bonds is 5. The van der Waals surface area contributed by atoms with Crippen molar-refractivity contribution in [3.8, 4) is 0 Å². The first-order valence-corrected chi connectivity index (χ1v) is 10.0. The highest BCUT2D eigenvalue weighted by Crippen LogP contribution is 2.23. The Labute approximate surface area is 158 Å². The van der Waals surface area contributed by atoms with E-state index in [1.165, 1.54) is 19.1 Å². The number of ether oxygens (including phenoxy) is 1. The molecule has 8 nitrogen and oxygen atoms in total. The van der Waals surface area contributed by atoms with Gasteiger partial charge in [-0.15, -0.1) is 0 Å². The molecule has 1 fully saturated rings. The molecule has 0 radical (unpaired) electrons. The van der Waals surface area contributed by atoms with Gasteiger partial charge >= 0.3 is 11.8 Å². The molecule has 2 rings (SSSR count). The highest BCUT2D eigenvalue weighted by atomic mass is 32.2. The van der Waals surface area contributed by atoms with Gasteiger partial charge in [-0.05, 0) is 51.0 Å². The smallest absolute Gasteiger partial charge is 0.309 e. The monoisotopic (exact) mass is 401 g/mol. The van der Waals surface area contributed by atoms with E-state index in [1.807, 2.05) is 0 Å². The van der Waals surface area contributed by atoms with Crippen molar-refractivity contribution in [2.75, 3.05) is 19.7 Å². The number of benzene rings is 1. The van der Waals surface area contributed by atoms with Crippen molar-refractivity contribution in [1.29, 1.82) is 0 Å². The molecule has 1 aromatic rings. The van der Waals surface area contributed by atoms with Gasteiger partial charge in [0.2, 0.25) is 10.0 Å². The molecule has 0 saturated carbocycles. The first-order chi connectivity index (χ1) is 12.6. The van der Waals surface area contributed by atoms with Gasteiger partial charge in [0.25, 0.3) is 0 Å². The fourth-order valence-electron chi connectivity index (χ4n) is 2.60. The average molecular weight is 401 g/mol. The molecule has 1 heterocycles. The second-order valence-electron chi connectivity index (χ2n) is 6.54. The summed E-state index contributed by atoms with van der Waals surface area (Å²) in [6, 6.07) is 3.34. The van der Waals surface area contributed by atoms with Crippen molar-refractivity contribution in [2.45, 2.75) is 44.4 Å². The maximum absolute atomic E-state index is 13.5. The molecule has 1 saturated heterocycles. The lowest BCUT2D eigenvalue weighted by atomic mass is 10.2. The molecule has 1 atom stereocenters. The predicted molar refractivity (Wildman–Crippen MR) is 95.7 cm³/mol. The molecule has 1 aliphatic rings. The normalized spacial score (nSPS) is 18.3. The van der Waals surface area contributed by atoms with Crippen LogP contribution in [0.15, 0.2) is 23.1 Å². The lowest BCUT2D eigenvalue weighted by molar-refractivity contribution is -0.140. The Morgan fingerprint density at radius 3 is 2.67 bits per heavy atom. The van der Waals surface area contributed by atoms with Gasteiger partial charge in [0, 0.05) is 12.6 Å². The van der Waals surface area contributed by atoms with Crippen molar-refractivity contribution in [2.24, 2.45) is 0 Å². The van der Waals surface area contributed by atoms with E-state index in [1.54, 1.807) is 13.8 Å². The van der Waals surface area contributed by atoms with Gasteiger partial charge in [0.15, 0.2) is 0 Å². The van der Waals surface area contributed by atoms with Crippen molar-refractivity contribution in [3.05, 3.63) is 29.6 Å². The van der Waals surface area contributed by atoms with E-state index in [0.29, 0.717) is 13.0 Å². The Morgan fingerprint density at radius 2 is 2.04 bits per heavy atom. The molecule has 0 spiro atoms. The number of carbonyl (C=O) groups is 2. The van der Waals surface area contributed by atoms with Crippen LogP contribution in [-0.2, 0) is 24.3 Å². The second-order valence-corrected chi connectivity index (χ2v) is 8.43. The van der Waals surface area contributed by atoms with Crippen LogP contribution in [0.3, 0.4) is 0 Å². The Bertz CT molecular complexity index is 813. The third-order valence-corrected chi connectivity index (χ3v) is 5.84. The average Bonchev–Trinajstić information content (AvgIpc) is 2.61. The molecular weight excluding hydrogens is 377 g/mol. The Morgan fingerprint density at radius 1 is 1.33 bits per heavy atom. The largest absolute Gasteiger partial charge is 0.360 e. The van der Waals surface area contributed by atoms with Crippen molar-refractivity contribution < 1.29 is 27.1 Å². The van der Waals surface area contributed by atoms with Crippen LogP contribution < -0.4 is 10.6 Å². The SMILES string of the molecule is Cc1cc(S(=O)(=O)N2CCCO[C@@H]2CNC(=O)C(=O)NC(C)C)ccc1F. The van der Waals surface area contributed by atoms with Gasteiger partial charge in [0.1, 0.15) is 12.0 Å². The quantitative estimate of drug-likeness (QED) is 0.700. The fourth-order valence-corrected chi connectivity index (χ4v) is 4.25. The molecule has 0 bridgehead atoms. The predicted octanol–water partition coefficient (Wildman–Crippen LogP) is 0.512. The van der Waals surface area contributed by atoms with Crippen LogP contribution in [0.4, 0.5) is 4.39 Å². The molecule has 0 unspecified atom stereocenters. The summed E-state index contributed by atoms with van der Waals surface area (Å²) in [6.45, 7) is 5.25. The molecule has 2 amide bonds. The van der Waals surface area contributed by atoms with E-state index < -0.39 is 33.9 Å². The minimum Gasteiger partial charge on any atom is -0.360 e. The van der Waals surface area contributed by atoms with Gasteiger partial charge in [-0.3, -0.25) is 9.59 Å². The number of carbonyl (C=O) groups excluding carboxylic acids is 2. The minimum atomic E-state index is -3.95. The molecule has 0 aromatic heterocycles. The number of nitrogens with one attached hydrogen (secondary N) is 2. The molecule has 0 aliphatic carbocycles. The first-order valence-electron chi connectivity index (χ1n) is 8.61. The van der Waals surface area contributed by atoms with E-state index in [0.717, 1.165) is 10.4 Å². The van der Waals surface area contributed by atoms with Crippen LogP contribution in [0, 0.1) is 12.7 Å². The number of sulfonamides is 1. The highest BCUT2D eigenvalue weighted by Gasteiger charge is 2.35. The summed E-state index contributed by atoms with van der Waals surface area (Å²) in [5, 5.41) is 4.84. The topological polar surface area (TPSA) is 105 Å². The van der Waals surface area contributed by atoms with E-state index in [2.05, 4.69) is 10.6 Å². The van der Waals surface area contributed by atoms with Gasteiger partial charge in [-0.2, -0.15) is 4.31 Å². The van der Waals surface area contributed by atoms with Gasteiger partial charge < -0.3 is 15.4 Å². The number of aryl methyl sites for hydroxylation is 1. The molecule has 27 heavy (non-hydrogen) atoms. The Hall–Kier alpha value is -2.04. The summed E-state index contributed by atoms with van der Waals surface area (Å²) in [5.74, 6) is -2.17. The Balaban J connectivity index is 2.13. The summed E-state index contributed by atoms with van der Waals surface area (Å²) in [6.07, 6.45) is -0.470. The third-order valence-electron chi connectivity index (χ3n) is 3.95. The maximum atomic E-state index is 13.5. The minimum absolute atomic E-state index is 0.0548. The van der Waals surface area contributed by atoms with E-state index in [-0.39, 0.29) is 29.6 Å². The molecule has 1 aliphatic heterocycles. The number of hydrogen-bond donors (Lipinski definition) is 2. The zero-order valence-electron chi connectivity index (χ0n) is 15.5. The lowest BCUT2D eigenvalue weighted by Crippen LogP contribution is -2.53. The summed E-state index contributed by atoms with van der Waals surface area (Å²) >= 11 is 0. The molecule has 2 N–H and O–H groups in total. The molecule has 10 heteroatoms. The number of nitrogens with zero attached hydrogens (tertiary/aromatic N) is 1. The summed E-state index contributed by atoms with van der Waals surface area (Å²) in [5.41, 5.74) is 0.212. The van der Waals surface area contributed by atoms with Crippen LogP contribution in [0.25, 0.3) is 0 Å². The standard InChI is InChI=1S/C17H24FN3O5S/c1-11(2)20-17(23)16(22)19-10-15-21(7-4-8-26-15)27(24,25)13-5-6-14(18)12(3)9-13/h5-6,9,11,15H,4,7-8,10H2,1-3H3,(H,19,22)(H,20,23)/t15-/m1/s1. The number of amides is 2. The second kappa shape index (κ2) is 8.77. The van der Waals surface area contributed by atoms with Crippen LogP contribution in [-0.4, -0.2) is 56.5 Å². The van der Waals surface area contributed by atoms with Crippen molar-refractivity contribution >= 4 is 21.8 Å².